The van der Waals surface area contributed by atoms with Crippen LogP contribution < -0.4 is 4.74 Å². The number of carbonyl (C=O) groups is 1. The van der Waals surface area contributed by atoms with Crippen LogP contribution in [0, 0.1) is 5.92 Å². The van der Waals surface area contributed by atoms with Crippen molar-refractivity contribution in [3.8, 4) is 5.75 Å². The number of methoxy groups -OCH3 is 1. The molecule has 1 aromatic heterocycles. The first-order valence-electron chi connectivity index (χ1n) is 8.63. The molecule has 25 heavy (non-hydrogen) atoms. The molecule has 1 aliphatic heterocycles. The van der Waals surface area contributed by atoms with Gasteiger partial charge in [0.2, 0.25) is 5.91 Å². The summed E-state index contributed by atoms with van der Waals surface area (Å²) >= 11 is 0. The van der Waals surface area contributed by atoms with Crippen molar-refractivity contribution in [1.29, 1.82) is 0 Å². The number of aryl methyl sites for hydroxylation is 1. The van der Waals surface area contributed by atoms with Crippen molar-refractivity contribution in [3.05, 3.63) is 59.9 Å². The summed E-state index contributed by atoms with van der Waals surface area (Å²) in [6.07, 6.45) is 4.62. The van der Waals surface area contributed by atoms with E-state index in [0.717, 1.165) is 16.9 Å². The highest BCUT2D eigenvalue weighted by Gasteiger charge is 2.35. The van der Waals surface area contributed by atoms with Gasteiger partial charge in [0.15, 0.2) is 0 Å². The molecule has 0 spiro atoms. The molecule has 2 heterocycles. The summed E-state index contributed by atoms with van der Waals surface area (Å²) in [5.74, 6) is 1.20. The van der Waals surface area contributed by atoms with Crippen molar-refractivity contribution in [2.45, 2.75) is 18.8 Å². The molecule has 5 heteroatoms. The number of pyridine rings is 1. The minimum absolute atomic E-state index is 0.0811. The number of aromatic nitrogens is 1. The molecule has 5 nitrogen and oxygen atoms in total. The Balaban J connectivity index is 1.63. The highest BCUT2D eigenvalue weighted by molar-refractivity contribution is 5.77. The predicted octanol–water partition coefficient (Wildman–Crippen LogP) is 2.26. The molecule has 1 N–H and O–H groups in total. The summed E-state index contributed by atoms with van der Waals surface area (Å²) in [4.78, 5) is 18.6. The molecule has 0 radical (unpaired) electrons. The molecular formula is C20H24N2O3. The number of likely N-dealkylation sites (tertiary alicyclic amines) is 1. The van der Waals surface area contributed by atoms with Crippen LogP contribution >= 0.6 is 0 Å². The number of hydrogen-bond donors (Lipinski definition) is 1. The fourth-order valence-electron chi connectivity index (χ4n) is 3.56. The number of nitrogens with zero attached hydrogens (tertiary/aromatic N) is 2. The predicted molar refractivity (Wildman–Crippen MR) is 95.4 cm³/mol. The van der Waals surface area contributed by atoms with Crippen LogP contribution in [-0.4, -0.2) is 47.7 Å². The Morgan fingerprint density at radius 2 is 2.00 bits per heavy atom. The van der Waals surface area contributed by atoms with Crippen molar-refractivity contribution in [3.63, 3.8) is 0 Å². The summed E-state index contributed by atoms with van der Waals surface area (Å²) in [5.41, 5.74) is 2.18. The van der Waals surface area contributed by atoms with E-state index in [9.17, 15) is 9.90 Å². The van der Waals surface area contributed by atoms with Gasteiger partial charge in [0, 0.05) is 50.3 Å². The van der Waals surface area contributed by atoms with Gasteiger partial charge in [-0.15, -0.1) is 0 Å². The summed E-state index contributed by atoms with van der Waals surface area (Å²) in [7, 11) is 1.65. The lowest BCUT2D eigenvalue weighted by atomic mass is 9.90. The standard InChI is InChI=1S/C20H24N2O3/c1-25-19-5-3-2-4-16(19)6-7-20(24)22-12-17(14-23)18(13-22)15-8-10-21-11-9-15/h2-5,8-11,17-18,23H,6-7,12-14H2,1H3/t17-,18-/m0/s1. The van der Waals surface area contributed by atoms with E-state index in [1.807, 2.05) is 41.3 Å². The number of aliphatic hydroxyl groups excluding tert-OH is 1. The summed E-state index contributed by atoms with van der Waals surface area (Å²) in [6.45, 7) is 1.34. The van der Waals surface area contributed by atoms with E-state index < -0.39 is 0 Å². The Morgan fingerprint density at radius 1 is 1.24 bits per heavy atom. The average Bonchev–Trinajstić information content (AvgIpc) is 3.11. The zero-order valence-corrected chi connectivity index (χ0v) is 14.5. The van der Waals surface area contributed by atoms with E-state index in [4.69, 9.17) is 4.74 Å². The largest absolute Gasteiger partial charge is 0.496 e. The van der Waals surface area contributed by atoms with Crippen LogP contribution in [0.2, 0.25) is 0 Å². The number of ether oxygens (including phenoxy) is 1. The van der Waals surface area contributed by atoms with E-state index in [-0.39, 0.29) is 24.3 Å². The van der Waals surface area contributed by atoms with Gasteiger partial charge in [0.25, 0.3) is 0 Å². The first-order chi connectivity index (χ1) is 12.2. The molecule has 1 aromatic carbocycles. The molecule has 1 saturated heterocycles. The minimum atomic E-state index is 0.0811. The molecule has 0 bridgehead atoms. The third-order valence-electron chi connectivity index (χ3n) is 4.96. The minimum Gasteiger partial charge on any atom is -0.496 e. The molecule has 2 aromatic rings. The maximum atomic E-state index is 12.6. The number of para-hydroxylation sites is 1. The second-order valence-corrected chi connectivity index (χ2v) is 6.44. The normalized spacial score (nSPS) is 19.8. The fraction of sp³-hybridized carbons (Fsp3) is 0.400. The summed E-state index contributed by atoms with van der Waals surface area (Å²) in [6, 6.07) is 11.7. The summed E-state index contributed by atoms with van der Waals surface area (Å²) in [5, 5.41) is 9.70. The topological polar surface area (TPSA) is 62.7 Å². The highest BCUT2D eigenvalue weighted by atomic mass is 16.5. The average molecular weight is 340 g/mol. The van der Waals surface area contributed by atoms with Crippen LogP contribution in [-0.2, 0) is 11.2 Å². The van der Waals surface area contributed by atoms with Gasteiger partial charge < -0.3 is 14.7 Å². The van der Waals surface area contributed by atoms with Crippen LogP contribution in [0.5, 0.6) is 5.75 Å². The Kier molecular flexibility index (Phi) is 5.66. The van der Waals surface area contributed by atoms with E-state index in [0.29, 0.717) is 25.9 Å². The Bertz CT molecular complexity index is 705. The molecule has 2 atom stereocenters. The third kappa shape index (κ3) is 3.99. The maximum absolute atomic E-state index is 12.6. The molecule has 1 aliphatic rings. The van der Waals surface area contributed by atoms with Crippen molar-refractivity contribution < 1.29 is 14.6 Å². The van der Waals surface area contributed by atoms with Gasteiger partial charge in [-0.2, -0.15) is 0 Å². The quantitative estimate of drug-likeness (QED) is 0.876. The molecule has 0 saturated carbocycles. The number of carbonyl (C=O) groups excluding carboxylic acids is 1. The van der Waals surface area contributed by atoms with Crippen LogP contribution in [0.1, 0.15) is 23.5 Å². The molecular weight excluding hydrogens is 316 g/mol. The van der Waals surface area contributed by atoms with E-state index in [1.54, 1.807) is 19.5 Å². The second-order valence-electron chi connectivity index (χ2n) is 6.44. The fourth-order valence-corrected chi connectivity index (χ4v) is 3.56. The van der Waals surface area contributed by atoms with Crippen LogP contribution in [0.3, 0.4) is 0 Å². The van der Waals surface area contributed by atoms with Gasteiger partial charge in [0.05, 0.1) is 7.11 Å². The molecule has 0 unspecified atom stereocenters. The second kappa shape index (κ2) is 8.12. The molecule has 1 amide bonds. The Hall–Kier alpha value is -2.40. The number of hydrogen-bond acceptors (Lipinski definition) is 4. The van der Waals surface area contributed by atoms with Crippen molar-refractivity contribution in [2.24, 2.45) is 5.92 Å². The summed E-state index contributed by atoms with van der Waals surface area (Å²) < 4.78 is 5.35. The van der Waals surface area contributed by atoms with Crippen LogP contribution in [0.15, 0.2) is 48.8 Å². The lowest BCUT2D eigenvalue weighted by Gasteiger charge is -2.17. The first kappa shape index (κ1) is 17.4. The number of aliphatic hydroxyl groups is 1. The van der Waals surface area contributed by atoms with Gasteiger partial charge >= 0.3 is 0 Å². The van der Waals surface area contributed by atoms with Crippen LogP contribution in [0.4, 0.5) is 0 Å². The first-order valence-corrected chi connectivity index (χ1v) is 8.63. The SMILES string of the molecule is COc1ccccc1CCC(=O)N1C[C@@H](CO)[C@H](c2ccncc2)C1. The van der Waals surface area contributed by atoms with Crippen LogP contribution in [0.25, 0.3) is 0 Å². The lowest BCUT2D eigenvalue weighted by molar-refractivity contribution is -0.130. The molecule has 1 fully saturated rings. The van der Waals surface area contributed by atoms with Gasteiger partial charge in [-0.05, 0) is 35.7 Å². The molecule has 0 aliphatic carbocycles. The maximum Gasteiger partial charge on any atom is 0.222 e. The number of rotatable bonds is 6. The van der Waals surface area contributed by atoms with E-state index in [1.165, 1.54) is 0 Å². The number of amides is 1. The smallest absolute Gasteiger partial charge is 0.222 e. The van der Waals surface area contributed by atoms with Crippen molar-refractivity contribution >= 4 is 5.91 Å². The lowest BCUT2D eigenvalue weighted by Crippen LogP contribution is -2.29. The monoisotopic (exact) mass is 340 g/mol. The Labute approximate surface area is 148 Å². The zero-order chi connectivity index (χ0) is 17.6. The van der Waals surface area contributed by atoms with Gasteiger partial charge in [0.1, 0.15) is 5.75 Å². The van der Waals surface area contributed by atoms with Gasteiger partial charge in [-0.25, -0.2) is 0 Å². The van der Waals surface area contributed by atoms with Crippen molar-refractivity contribution in [2.75, 3.05) is 26.8 Å². The number of benzene rings is 1. The third-order valence-corrected chi connectivity index (χ3v) is 4.96. The Morgan fingerprint density at radius 3 is 2.72 bits per heavy atom. The molecule has 3 rings (SSSR count). The molecule has 132 valence electrons. The van der Waals surface area contributed by atoms with Gasteiger partial charge in [-0.1, -0.05) is 18.2 Å². The van der Waals surface area contributed by atoms with E-state index >= 15 is 0 Å². The van der Waals surface area contributed by atoms with Gasteiger partial charge in [-0.3, -0.25) is 9.78 Å². The highest BCUT2D eigenvalue weighted by Crippen LogP contribution is 2.32. The van der Waals surface area contributed by atoms with Crippen molar-refractivity contribution in [1.82, 2.24) is 9.88 Å². The van der Waals surface area contributed by atoms with E-state index in [2.05, 4.69) is 4.98 Å². The zero-order valence-electron chi connectivity index (χ0n) is 14.5.